The van der Waals surface area contributed by atoms with Gasteiger partial charge in [-0.3, -0.25) is 19.3 Å². The normalized spacial score (nSPS) is 20.7. The van der Waals surface area contributed by atoms with Crippen molar-refractivity contribution in [2.45, 2.75) is 90.1 Å². The molecule has 0 N–H and O–H groups in total. The van der Waals surface area contributed by atoms with E-state index >= 15 is 0 Å². The summed E-state index contributed by atoms with van der Waals surface area (Å²) in [5.74, 6) is -0.250. The molecule has 5 nitrogen and oxygen atoms in total. The van der Waals surface area contributed by atoms with Gasteiger partial charge in [-0.1, -0.05) is 52.4 Å². The first-order chi connectivity index (χ1) is 14.5. The molecule has 0 spiro atoms. The molecule has 0 saturated heterocycles. The van der Waals surface area contributed by atoms with Gasteiger partial charge in [0.15, 0.2) is 0 Å². The Morgan fingerprint density at radius 1 is 0.900 bits per heavy atom. The summed E-state index contributed by atoms with van der Waals surface area (Å²) in [6.45, 7) is 4.39. The van der Waals surface area contributed by atoms with Gasteiger partial charge in [-0.05, 0) is 49.8 Å². The molecule has 1 heterocycles. The molecule has 1 aromatic carbocycles. The smallest absolute Gasteiger partial charge is 0.261 e. The van der Waals surface area contributed by atoms with Crippen molar-refractivity contribution in [3.05, 3.63) is 34.9 Å². The molecule has 162 valence electrons. The number of benzene rings is 1. The molecule has 0 unspecified atom stereocenters. The minimum absolute atomic E-state index is 0.0409. The molecular weight excluding hydrogens is 376 g/mol. The SMILES string of the molecule is CC(C)CN1C(=O)c2ccc(C(=O)N(C3CCCCC3)C3CCCCC3)cc2C1=O. The molecule has 1 aromatic rings. The van der Waals surface area contributed by atoms with Gasteiger partial charge >= 0.3 is 0 Å². The Morgan fingerprint density at radius 2 is 1.43 bits per heavy atom. The number of hydrogen-bond acceptors (Lipinski definition) is 3. The highest BCUT2D eigenvalue weighted by molar-refractivity contribution is 6.22. The fourth-order valence-electron chi connectivity index (χ4n) is 5.45. The number of rotatable bonds is 5. The first kappa shape index (κ1) is 21.1. The predicted octanol–water partition coefficient (Wildman–Crippen LogP) is 5.05. The second-order valence-corrected chi connectivity index (χ2v) is 9.67. The summed E-state index contributed by atoms with van der Waals surface area (Å²) in [7, 11) is 0. The van der Waals surface area contributed by atoms with Gasteiger partial charge < -0.3 is 4.90 Å². The van der Waals surface area contributed by atoms with Crippen molar-refractivity contribution in [2.24, 2.45) is 5.92 Å². The number of hydrogen-bond donors (Lipinski definition) is 0. The number of nitrogens with zero attached hydrogens (tertiary/aromatic N) is 2. The van der Waals surface area contributed by atoms with E-state index in [1.165, 1.54) is 43.4 Å². The minimum atomic E-state index is -0.264. The third kappa shape index (κ3) is 4.03. The lowest BCUT2D eigenvalue weighted by molar-refractivity contribution is 0.0448. The van der Waals surface area contributed by atoms with E-state index in [0.29, 0.717) is 35.3 Å². The molecule has 2 saturated carbocycles. The molecule has 0 aromatic heterocycles. The van der Waals surface area contributed by atoms with Crippen molar-refractivity contribution >= 4 is 17.7 Å². The van der Waals surface area contributed by atoms with E-state index < -0.39 is 0 Å². The van der Waals surface area contributed by atoms with Crippen LogP contribution >= 0.6 is 0 Å². The number of fused-ring (bicyclic) bond motifs is 1. The maximum Gasteiger partial charge on any atom is 0.261 e. The summed E-state index contributed by atoms with van der Waals surface area (Å²) >= 11 is 0. The van der Waals surface area contributed by atoms with Crippen LogP contribution in [0.15, 0.2) is 18.2 Å². The van der Waals surface area contributed by atoms with E-state index in [1.807, 2.05) is 13.8 Å². The number of amides is 3. The summed E-state index contributed by atoms with van der Waals surface area (Å²) in [4.78, 5) is 42.7. The summed E-state index contributed by atoms with van der Waals surface area (Å²) in [5.41, 5.74) is 1.37. The molecular formula is C25H34N2O3. The highest BCUT2D eigenvalue weighted by Gasteiger charge is 2.38. The number of carbonyl (C=O) groups is 3. The van der Waals surface area contributed by atoms with E-state index in [1.54, 1.807) is 18.2 Å². The third-order valence-corrected chi connectivity index (χ3v) is 6.94. The molecule has 30 heavy (non-hydrogen) atoms. The molecule has 5 heteroatoms. The van der Waals surface area contributed by atoms with E-state index in [9.17, 15) is 14.4 Å². The van der Waals surface area contributed by atoms with Gasteiger partial charge in [0.05, 0.1) is 11.1 Å². The van der Waals surface area contributed by atoms with E-state index in [2.05, 4.69) is 4.90 Å². The summed E-state index contributed by atoms with van der Waals surface area (Å²) in [5, 5.41) is 0. The van der Waals surface area contributed by atoms with Crippen LogP contribution in [0.25, 0.3) is 0 Å². The van der Waals surface area contributed by atoms with Crippen LogP contribution in [0.1, 0.15) is 109 Å². The summed E-state index contributed by atoms with van der Waals surface area (Å²) < 4.78 is 0. The molecule has 2 aliphatic carbocycles. The molecule has 3 amide bonds. The quantitative estimate of drug-likeness (QED) is 0.639. The van der Waals surface area contributed by atoms with Gasteiger partial charge in [0, 0.05) is 24.2 Å². The highest BCUT2D eigenvalue weighted by atomic mass is 16.2. The number of imide groups is 1. The van der Waals surface area contributed by atoms with Crippen molar-refractivity contribution in [1.29, 1.82) is 0 Å². The topological polar surface area (TPSA) is 57.7 Å². The minimum Gasteiger partial charge on any atom is -0.333 e. The monoisotopic (exact) mass is 410 g/mol. The average Bonchev–Trinajstić information content (AvgIpc) is 2.99. The lowest BCUT2D eigenvalue weighted by atomic mass is 9.88. The van der Waals surface area contributed by atoms with Gasteiger partial charge in [0.1, 0.15) is 0 Å². The van der Waals surface area contributed by atoms with Crippen molar-refractivity contribution in [1.82, 2.24) is 9.80 Å². The van der Waals surface area contributed by atoms with Crippen molar-refractivity contribution in [2.75, 3.05) is 6.54 Å². The Balaban J connectivity index is 1.62. The standard InChI is InChI=1S/C25H34N2O3/c1-17(2)16-26-24(29)21-14-13-18(15-22(21)25(26)30)23(28)27(19-9-5-3-6-10-19)20-11-7-4-8-12-20/h13-15,17,19-20H,3-12,16H2,1-2H3. The summed E-state index contributed by atoms with van der Waals surface area (Å²) in [6, 6.07) is 5.72. The van der Waals surface area contributed by atoms with Gasteiger partial charge in [0.25, 0.3) is 17.7 Å². The molecule has 2 fully saturated rings. The van der Waals surface area contributed by atoms with Crippen molar-refractivity contribution in [3.63, 3.8) is 0 Å². The lowest BCUT2D eigenvalue weighted by Gasteiger charge is -2.42. The first-order valence-electron chi connectivity index (χ1n) is 11.8. The Labute approximate surface area is 179 Å². The maximum atomic E-state index is 13.7. The van der Waals surface area contributed by atoms with Crippen LogP contribution in [0.2, 0.25) is 0 Å². The van der Waals surface area contributed by atoms with Crippen LogP contribution in [-0.4, -0.2) is 46.1 Å². The Bertz CT molecular complexity index is 802. The second kappa shape index (κ2) is 8.91. The van der Waals surface area contributed by atoms with Crippen molar-refractivity contribution in [3.8, 4) is 0 Å². The van der Waals surface area contributed by atoms with Gasteiger partial charge in [-0.2, -0.15) is 0 Å². The van der Waals surface area contributed by atoms with Gasteiger partial charge in [0.2, 0.25) is 0 Å². The second-order valence-electron chi connectivity index (χ2n) is 9.67. The van der Waals surface area contributed by atoms with Gasteiger partial charge in [-0.25, -0.2) is 0 Å². The molecule has 1 aliphatic heterocycles. The van der Waals surface area contributed by atoms with Crippen LogP contribution in [0.4, 0.5) is 0 Å². The molecule has 0 atom stereocenters. The fourth-order valence-corrected chi connectivity index (χ4v) is 5.45. The van der Waals surface area contributed by atoms with E-state index in [0.717, 1.165) is 25.7 Å². The largest absolute Gasteiger partial charge is 0.333 e. The van der Waals surface area contributed by atoms with Crippen LogP contribution in [0.5, 0.6) is 0 Å². The zero-order chi connectivity index (χ0) is 21.3. The fraction of sp³-hybridized carbons (Fsp3) is 0.640. The van der Waals surface area contributed by atoms with Crippen LogP contribution in [-0.2, 0) is 0 Å². The molecule has 0 radical (unpaired) electrons. The Hall–Kier alpha value is -2.17. The van der Waals surface area contributed by atoms with Gasteiger partial charge in [-0.15, -0.1) is 0 Å². The zero-order valence-electron chi connectivity index (χ0n) is 18.4. The lowest BCUT2D eigenvalue weighted by Crippen LogP contribution is -2.48. The van der Waals surface area contributed by atoms with Crippen LogP contribution < -0.4 is 0 Å². The molecule has 4 rings (SSSR count). The van der Waals surface area contributed by atoms with E-state index in [4.69, 9.17) is 0 Å². The molecule has 0 bridgehead atoms. The van der Waals surface area contributed by atoms with E-state index in [-0.39, 0.29) is 23.6 Å². The number of carbonyl (C=O) groups excluding carboxylic acids is 3. The Morgan fingerprint density at radius 3 is 1.97 bits per heavy atom. The highest BCUT2D eigenvalue weighted by Crippen LogP contribution is 2.32. The molecule has 3 aliphatic rings. The Kier molecular flexibility index (Phi) is 6.26. The summed E-state index contributed by atoms with van der Waals surface area (Å²) in [6.07, 6.45) is 11.5. The first-order valence-corrected chi connectivity index (χ1v) is 11.8. The zero-order valence-corrected chi connectivity index (χ0v) is 18.4. The van der Waals surface area contributed by atoms with Crippen molar-refractivity contribution < 1.29 is 14.4 Å². The predicted molar refractivity (Wildman–Crippen MR) is 117 cm³/mol. The average molecular weight is 411 g/mol. The third-order valence-electron chi connectivity index (χ3n) is 6.94. The maximum absolute atomic E-state index is 13.7. The van der Waals surface area contributed by atoms with Crippen LogP contribution in [0, 0.1) is 5.92 Å². The van der Waals surface area contributed by atoms with Crippen LogP contribution in [0.3, 0.4) is 0 Å².